The maximum atomic E-state index is 5.75. The first kappa shape index (κ1) is 12.9. The predicted molar refractivity (Wildman–Crippen MR) is 75.4 cm³/mol. The molecule has 0 aliphatic carbocycles. The molecule has 5 nitrogen and oxygen atoms in total. The number of nitrogen functional groups attached to an aromatic ring is 1. The number of aromatic nitrogens is 2. The van der Waals surface area contributed by atoms with Crippen LogP contribution in [0.25, 0.3) is 0 Å². The molecule has 0 amide bonds. The molecule has 0 fully saturated rings. The molecule has 0 aliphatic heterocycles. The molecule has 0 radical (unpaired) electrons. The van der Waals surface area contributed by atoms with E-state index in [4.69, 9.17) is 22.1 Å². The fourth-order valence-electron chi connectivity index (χ4n) is 1.34. The first-order valence-corrected chi connectivity index (χ1v) is 6.16. The Morgan fingerprint density at radius 1 is 1.44 bits per heavy atom. The minimum absolute atomic E-state index is 0.135. The molecule has 0 unspecified atom stereocenters. The minimum atomic E-state index is 0.135. The average Bonchev–Trinajstić information content (AvgIpc) is 2.36. The lowest BCUT2D eigenvalue weighted by Gasteiger charge is -2.10. The summed E-state index contributed by atoms with van der Waals surface area (Å²) in [5.41, 5.74) is 6.96. The lowest BCUT2D eigenvalue weighted by molar-refractivity contribution is 0.412. The number of methoxy groups -OCH3 is 1. The SMILES string of the molecule is COc1cc(Nc2nc(Cl)ncc2N)ccc1Br. The van der Waals surface area contributed by atoms with Crippen molar-refractivity contribution in [1.29, 1.82) is 0 Å². The molecule has 1 aromatic heterocycles. The summed E-state index contributed by atoms with van der Waals surface area (Å²) < 4.78 is 6.07. The second-order valence-corrected chi connectivity index (χ2v) is 4.61. The van der Waals surface area contributed by atoms with Crippen LogP contribution in [-0.2, 0) is 0 Å². The highest BCUT2D eigenvalue weighted by atomic mass is 79.9. The smallest absolute Gasteiger partial charge is 0.224 e. The number of nitrogens with zero attached hydrogens (tertiary/aromatic N) is 2. The number of rotatable bonds is 3. The summed E-state index contributed by atoms with van der Waals surface area (Å²) in [6.45, 7) is 0. The molecule has 1 aromatic carbocycles. The van der Waals surface area contributed by atoms with Crippen molar-refractivity contribution in [2.45, 2.75) is 0 Å². The standard InChI is InChI=1S/C11H10BrClN4O/c1-18-9-4-6(2-3-7(9)12)16-10-8(14)5-15-11(13)17-10/h2-5H,14H2,1H3,(H,15,16,17). The fourth-order valence-corrected chi connectivity index (χ4v) is 1.89. The number of hydrogen-bond donors (Lipinski definition) is 2. The Morgan fingerprint density at radius 2 is 2.22 bits per heavy atom. The van der Waals surface area contributed by atoms with Crippen LogP contribution >= 0.6 is 27.5 Å². The Hall–Kier alpha value is -1.53. The van der Waals surface area contributed by atoms with E-state index in [0.29, 0.717) is 17.3 Å². The molecule has 0 saturated carbocycles. The molecule has 94 valence electrons. The van der Waals surface area contributed by atoms with Crippen LogP contribution in [0, 0.1) is 0 Å². The van der Waals surface area contributed by atoms with Crippen molar-refractivity contribution < 1.29 is 4.74 Å². The van der Waals surface area contributed by atoms with Crippen molar-refractivity contribution in [2.24, 2.45) is 0 Å². The first-order valence-electron chi connectivity index (χ1n) is 4.98. The zero-order valence-electron chi connectivity index (χ0n) is 9.45. The van der Waals surface area contributed by atoms with E-state index in [1.54, 1.807) is 7.11 Å². The lowest BCUT2D eigenvalue weighted by atomic mass is 10.3. The van der Waals surface area contributed by atoms with Crippen molar-refractivity contribution in [3.63, 3.8) is 0 Å². The van der Waals surface area contributed by atoms with Gasteiger partial charge in [0.1, 0.15) is 5.75 Å². The van der Waals surface area contributed by atoms with E-state index in [1.807, 2.05) is 18.2 Å². The van der Waals surface area contributed by atoms with Crippen molar-refractivity contribution in [3.8, 4) is 5.75 Å². The van der Waals surface area contributed by atoms with Gasteiger partial charge in [0.25, 0.3) is 0 Å². The van der Waals surface area contributed by atoms with Crippen LogP contribution in [0.1, 0.15) is 0 Å². The van der Waals surface area contributed by atoms with Crippen molar-refractivity contribution in [3.05, 3.63) is 34.2 Å². The van der Waals surface area contributed by atoms with Crippen LogP contribution in [0.15, 0.2) is 28.9 Å². The molecule has 7 heteroatoms. The minimum Gasteiger partial charge on any atom is -0.495 e. The molecule has 2 rings (SSSR count). The van der Waals surface area contributed by atoms with Crippen molar-refractivity contribution in [1.82, 2.24) is 9.97 Å². The number of hydrogen-bond acceptors (Lipinski definition) is 5. The number of anilines is 3. The zero-order chi connectivity index (χ0) is 13.1. The van der Waals surface area contributed by atoms with Crippen LogP contribution in [0.4, 0.5) is 17.2 Å². The molecule has 2 aromatic rings. The van der Waals surface area contributed by atoms with Gasteiger partial charge in [0.15, 0.2) is 5.82 Å². The Balaban J connectivity index is 2.31. The van der Waals surface area contributed by atoms with Gasteiger partial charge in [0.05, 0.1) is 23.5 Å². The summed E-state index contributed by atoms with van der Waals surface area (Å²) in [6, 6.07) is 5.54. The van der Waals surface area contributed by atoms with E-state index in [2.05, 4.69) is 31.2 Å². The van der Waals surface area contributed by atoms with Gasteiger partial charge in [-0.2, -0.15) is 4.98 Å². The van der Waals surface area contributed by atoms with Gasteiger partial charge >= 0.3 is 0 Å². The van der Waals surface area contributed by atoms with Gasteiger partial charge in [-0.3, -0.25) is 0 Å². The third-order valence-corrected chi connectivity index (χ3v) is 3.04. The second-order valence-electron chi connectivity index (χ2n) is 3.42. The lowest BCUT2D eigenvalue weighted by Crippen LogP contribution is -2.01. The van der Waals surface area contributed by atoms with Gasteiger partial charge in [0, 0.05) is 11.8 Å². The Kier molecular flexibility index (Phi) is 3.88. The van der Waals surface area contributed by atoms with Gasteiger partial charge in [-0.05, 0) is 39.7 Å². The highest BCUT2D eigenvalue weighted by Gasteiger charge is 2.06. The largest absolute Gasteiger partial charge is 0.495 e. The number of nitrogens with one attached hydrogen (secondary N) is 1. The van der Waals surface area contributed by atoms with Gasteiger partial charge in [-0.25, -0.2) is 4.98 Å². The molecule has 1 heterocycles. The van der Waals surface area contributed by atoms with Crippen molar-refractivity contribution in [2.75, 3.05) is 18.2 Å². The van der Waals surface area contributed by atoms with Crippen LogP contribution in [-0.4, -0.2) is 17.1 Å². The molecule has 0 saturated heterocycles. The Morgan fingerprint density at radius 3 is 2.94 bits per heavy atom. The molecule has 0 spiro atoms. The van der Waals surface area contributed by atoms with Crippen LogP contribution in [0.3, 0.4) is 0 Å². The summed E-state index contributed by atoms with van der Waals surface area (Å²) in [4.78, 5) is 7.80. The maximum absolute atomic E-state index is 5.75. The predicted octanol–water partition coefficient (Wildman–Crippen LogP) is 3.23. The summed E-state index contributed by atoms with van der Waals surface area (Å²) in [5, 5.41) is 3.19. The highest BCUT2D eigenvalue weighted by molar-refractivity contribution is 9.10. The van der Waals surface area contributed by atoms with Crippen LogP contribution < -0.4 is 15.8 Å². The van der Waals surface area contributed by atoms with Gasteiger partial charge in [-0.15, -0.1) is 0 Å². The quantitative estimate of drug-likeness (QED) is 0.846. The molecule has 0 atom stereocenters. The number of nitrogens with two attached hydrogens (primary N) is 1. The maximum Gasteiger partial charge on any atom is 0.224 e. The molecular weight excluding hydrogens is 320 g/mol. The van der Waals surface area contributed by atoms with E-state index in [9.17, 15) is 0 Å². The molecule has 18 heavy (non-hydrogen) atoms. The molecular formula is C11H10BrClN4O. The topological polar surface area (TPSA) is 73.1 Å². The Bertz CT molecular complexity index is 579. The second kappa shape index (κ2) is 5.41. The number of halogens is 2. The number of ether oxygens (including phenoxy) is 1. The summed E-state index contributed by atoms with van der Waals surface area (Å²) in [6.07, 6.45) is 1.45. The first-order chi connectivity index (χ1) is 8.60. The third-order valence-electron chi connectivity index (χ3n) is 2.20. The highest BCUT2D eigenvalue weighted by Crippen LogP contribution is 2.30. The van der Waals surface area contributed by atoms with Gasteiger partial charge in [0.2, 0.25) is 5.28 Å². The van der Waals surface area contributed by atoms with Crippen LogP contribution in [0.2, 0.25) is 5.28 Å². The summed E-state index contributed by atoms with van der Waals surface area (Å²) in [7, 11) is 1.60. The van der Waals surface area contributed by atoms with E-state index >= 15 is 0 Å². The molecule has 0 aliphatic rings. The van der Waals surface area contributed by atoms with E-state index < -0.39 is 0 Å². The number of benzene rings is 1. The fraction of sp³-hybridized carbons (Fsp3) is 0.0909. The average molecular weight is 330 g/mol. The van der Waals surface area contributed by atoms with E-state index in [1.165, 1.54) is 6.20 Å². The Labute approximate surface area is 117 Å². The van der Waals surface area contributed by atoms with Crippen molar-refractivity contribution >= 4 is 44.7 Å². The normalized spacial score (nSPS) is 10.2. The van der Waals surface area contributed by atoms with Crippen LogP contribution in [0.5, 0.6) is 5.75 Å². The van der Waals surface area contributed by atoms with Gasteiger partial charge < -0.3 is 15.8 Å². The third kappa shape index (κ3) is 2.83. The molecule has 3 N–H and O–H groups in total. The molecule has 0 bridgehead atoms. The summed E-state index contributed by atoms with van der Waals surface area (Å²) >= 11 is 9.09. The van der Waals surface area contributed by atoms with E-state index in [-0.39, 0.29) is 5.28 Å². The summed E-state index contributed by atoms with van der Waals surface area (Å²) in [5.74, 6) is 1.16. The van der Waals surface area contributed by atoms with Gasteiger partial charge in [-0.1, -0.05) is 0 Å². The van der Waals surface area contributed by atoms with E-state index in [0.717, 1.165) is 10.2 Å². The monoisotopic (exact) mass is 328 g/mol. The zero-order valence-corrected chi connectivity index (χ0v) is 11.8.